The van der Waals surface area contributed by atoms with Gasteiger partial charge in [0.15, 0.2) is 5.78 Å². The molecule has 1 heterocycles. The van der Waals surface area contributed by atoms with Gasteiger partial charge in [0.2, 0.25) is 0 Å². The fourth-order valence-electron chi connectivity index (χ4n) is 2.84. The first-order valence-electron chi connectivity index (χ1n) is 6.91. The minimum Gasteiger partial charge on any atom is -0.497 e. The Hall–Kier alpha value is -2.16. The van der Waals surface area contributed by atoms with Gasteiger partial charge >= 0.3 is 0 Å². The van der Waals surface area contributed by atoms with E-state index in [2.05, 4.69) is 11.1 Å². The molecule has 20 heavy (non-hydrogen) atoms. The number of rotatable bonds is 3. The van der Waals surface area contributed by atoms with E-state index in [1.54, 1.807) is 19.4 Å². The van der Waals surface area contributed by atoms with E-state index in [4.69, 9.17) is 4.74 Å². The van der Waals surface area contributed by atoms with Gasteiger partial charge in [-0.2, -0.15) is 0 Å². The molecule has 1 aromatic heterocycles. The highest BCUT2D eigenvalue weighted by Gasteiger charge is 2.28. The summed E-state index contributed by atoms with van der Waals surface area (Å²) in [4.78, 5) is 17.2. The molecule has 0 amide bonds. The van der Waals surface area contributed by atoms with Gasteiger partial charge in [-0.15, -0.1) is 0 Å². The molecule has 0 N–H and O–H groups in total. The van der Waals surface area contributed by atoms with Gasteiger partial charge in [-0.1, -0.05) is 18.2 Å². The number of methoxy groups -OCH3 is 1. The van der Waals surface area contributed by atoms with E-state index in [1.807, 2.05) is 24.3 Å². The van der Waals surface area contributed by atoms with Crippen LogP contribution in [0, 0.1) is 0 Å². The van der Waals surface area contributed by atoms with Crippen molar-refractivity contribution in [1.29, 1.82) is 0 Å². The number of aryl methyl sites for hydroxylation is 1. The van der Waals surface area contributed by atoms with Crippen LogP contribution >= 0.6 is 0 Å². The number of ketones is 1. The zero-order valence-corrected chi connectivity index (χ0v) is 11.5. The second-order valence-corrected chi connectivity index (χ2v) is 5.09. The van der Waals surface area contributed by atoms with Crippen LogP contribution in [0.3, 0.4) is 0 Å². The second-order valence-electron chi connectivity index (χ2n) is 5.09. The summed E-state index contributed by atoms with van der Waals surface area (Å²) in [5, 5.41) is 0. The number of pyridine rings is 1. The predicted octanol–water partition coefficient (Wildman–Crippen LogP) is 3.39. The molecule has 0 bridgehead atoms. The van der Waals surface area contributed by atoms with Crippen LogP contribution in [0.25, 0.3) is 0 Å². The third-order valence-corrected chi connectivity index (χ3v) is 3.87. The largest absolute Gasteiger partial charge is 0.497 e. The molecule has 3 heteroatoms. The Morgan fingerprint density at radius 2 is 2.20 bits per heavy atom. The van der Waals surface area contributed by atoms with E-state index in [9.17, 15) is 4.79 Å². The van der Waals surface area contributed by atoms with E-state index in [-0.39, 0.29) is 11.7 Å². The highest BCUT2D eigenvalue weighted by molar-refractivity contribution is 6.01. The quantitative estimate of drug-likeness (QED) is 0.800. The fraction of sp³-hybridized carbons (Fsp3) is 0.294. The molecule has 3 nitrogen and oxygen atoms in total. The van der Waals surface area contributed by atoms with Crippen LogP contribution < -0.4 is 4.74 Å². The standard InChI is InChI=1S/C17H17NO2/c1-20-14-8-2-6-13(11-14)17(19)15-9-3-5-12-7-4-10-18-16(12)15/h2,4,6-8,10-11,15H,3,5,9H2,1H3. The highest BCUT2D eigenvalue weighted by Crippen LogP contribution is 2.33. The van der Waals surface area contributed by atoms with Gasteiger partial charge in [-0.05, 0) is 43.0 Å². The fourth-order valence-corrected chi connectivity index (χ4v) is 2.84. The summed E-state index contributed by atoms with van der Waals surface area (Å²) in [6.45, 7) is 0. The van der Waals surface area contributed by atoms with Crippen LogP contribution in [0.1, 0.15) is 40.4 Å². The minimum absolute atomic E-state index is 0.118. The summed E-state index contributed by atoms with van der Waals surface area (Å²) in [7, 11) is 1.61. The van der Waals surface area contributed by atoms with Crippen LogP contribution in [0.5, 0.6) is 5.75 Å². The van der Waals surface area contributed by atoms with Crippen molar-refractivity contribution in [2.45, 2.75) is 25.2 Å². The number of carbonyl (C=O) groups is 1. The van der Waals surface area contributed by atoms with Gasteiger partial charge in [-0.3, -0.25) is 9.78 Å². The van der Waals surface area contributed by atoms with Crippen molar-refractivity contribution in [3.63, 3.8) is 0 Å². The van der Waals surface area contributed by atoms with Gasteiger partial charge in [0, 0.05) is 11.8 Å². The van der Waals surface area contributed by atoms with Gasteiger partial charge in [0.1, 0.15) is 5.75 Å². The lowest BCUT2D eigenvalue weighted by molar-refractivity contribution is 0.0948. The Kier molecular flexibility index (Phi) is 3.50. The lowest BCUT2D eigenvalue weighted by atomic mass is 9.82. The van der Waals surface area contributed by atoms with E-state index < -0.39 is 0 Å². The van der Waals surface area contributed by atoms with E-state index in [0.717, 1.165) is 25.0 Å². The first kappa shape index (κ1) is 12.9. The number of carbonyl (C=O) groups excluding carboxylic acids is 1. The molecule has 0 saturated carbocycles. The molecule has 1 aromatic carbocycles. The average Bonchev–Trinajstić information content (AvgIpc) is 2.53. The molecule has 0 spiro atoms. The maximum atomic E-state index is 12.7. The Labute approximate surface area is 118 Å². The summed E-state index contributed by atoms with van der Waals surface area (Å²) in [5.74, 6) is 0.739. The normalized spacial score (nSPS) is 17.4. The molecule has 1 aliphatic rings. The first-order valence-corrected chi connectivity index (χ1v) is 6.91. The highest BCUT2D eigenvalue weighted by atomic mass is 16.5. The molecule has 102 valence electrons. The SMILES string of the molecule is COc1cccc(C(=O)C2CCCc3cccnc32)c1. The summed E-state index contributed by atoms with van der Waals surface area (Å²) in [5.41, 5.74) is 2.86. The summed E-state index contributed by atoms with van der Waals surface area (Å²) in [6, 6.07) is 11.4. The second kappa shape index (κ2) is 5.45. The Morgan fingerprint density at radius 3 is 3.05 bits per heavy atom. The number of ether oxygens (including phenoxy) is 1. The lowest BCUT2D eigenvalue weighted by Gasteiger charge is -2.23. The number of nitrogens with zero attached hydrogens (tertiary/aromatic N) is 1. The van der Waals surface area contributed by atoms with E-state index >= 15 is 0 Å². The minimum atomic E-state index is -0.118. The van der Waals surface area contributed by atoms with Crippen LogP contribution in [0.4, 0.5) is 0 Å². The molecule has 0 fully saturated rings. The van der Waals surface area contributed by atoms with Crippen LogP contribution in [0.2, 0.25) is 0 Å². The average molecular weight is 267 g/mol. The molecular weight excluding hydrogens is 250 g/mol. The number of hydrogen-bond donors (Lipinski definition) is 0. The van der Waals surface area contributed by atoms with Gasteiger partial charge < -0.3 is 4.74 Å². The smallest absolute Gasteiger partial charge is 0.172 e. The molecule has 0 aliphatic heterocycles. The van der Waals surface area contributed by atoms with Gasteiger partial charge in [0.25, 0.3) is 0 Å². The molecule has 3 rings (SSSR count). The summed E-state index contributed by atoms with van der Waals surface area (Å²) >= 11 is 0. The van der Waals surface area contributed by atoms with Gasteiger partial charge in [0.05, 0.1) is 18.7 Å². The zero-order valence-electron chi connectivity index (χ0n) is 11.5. The molecule has 0 saturated heterocycles. The molecule has 2 aromatic rings. The third kappa shape index (κ3) is 2.31. The van der Waals surface area contributed by atoms with Crippen molar-refractivity contribution in [3.8, 4) is 5.75 Å². The van der Waals surface area contributed by atoms with Crippen LogP contribution in [-0.4, -0.2) is 17.9 Å². The molecule has 1 atom stereocenters. The number of Topliss-reactive ketones (excluding diaryl/α,β-unsaturated/α-hetero) is 1. The van der Waals surface area contributed by atoms with Gasteiger partial charge in [-0.25, -0.2) is 0 Å². The third-order valence-electron chi connectivity index (χ3n) is 3.87. The Balaban J connectivity index is 1.95. The van der Waals surface area contributed by atoms with Crippen LogP contribution in [-0.2, 0) is 6.42 Å². The summed E-state index contributed by atoms with van der Waals surface area (Å²) in [6.07, 6.45) is 4.71. The van der Waals surface area contributed by atoms with Crippen molar-refractivity contribution < 1.29 is 9.53 Å². The van der Waals surface area contributed by atoms with Crippen molar-refractivity contribution in [3.05, 3.63) is 59.4 Å². The first-order chi connectivity index (χ1) is 9.79. The maximum absolute atomic E-state index is 12.7. The van der Waals surface area contributed by atoms with Crippen molar-refractivity contribution >= 4 is 5.78 Å². The maximum Gasteiger partial charge on any atom is 0.172 e. The lowest BCUT2D eigenvalue weighted by Crippen LogP contribution is -2.20. The van der Waals surface area contributed by atoms with Crippen LogP contribution in [0.15, 0.2) is 42.6 Å². The van der Waals surface area contributed by atoms with Crippen molar-refractivity contribution in [2.24, 2.45) is 0 Å². The van der Waals surface area contributed by atoms with Crippen molar-refractivity contribution in [1.82, 2.24) is 4.98 Å². The number of hydrogen-bond acceptors (Lipinski definition) is 3. The Morgan fingerprint density at radius 1 is 1.30 bits per heavy atom. The zero-order chi connectivity index (χ0) is 13.9. The summed E-state index contributed by atoms with van der Waals surface area (Å²) < 4.78 is 5.19. The predicted molar refractivity (Wildman–Crippen MR) is 77.2 cm³/mol. The molecule has 1 aliphatic carbocycles. The number of benzene rings is 1. The van der Waals surface area contributed by atoms with E-state index in [1.165, 1.54) is 5.56 Å². The molecule has 0 radical (unpaired) electrons. The number of aromatic nitrogens is 1. The van der Waals surface area contributed by atoms with Crippen molar-refractivity contribution in [2.75, 3.05) is 7.11 Å². The molecule has 1 unspecified atom stereocenters. The van der Waals surface area contributed by atoms with E-state index in [0.29, 0.717) is 11.3 Å². The Bertz CT molecular complexity index is 636. The number of fused-ring (bicyclic) bond motifs is 1. The molecular formula is C17H17NO2. The topological polar surface area (TPSA) is 39.2 Å². The monoisotopic (exact) mass is 267 g/mol.